The van der Waals surface area contributed by atoms with Gasteiger partial charge < -0.3 is 20.7 Å². The molecule has 2 saturated carbocycles. The van der Waals surface area contributed by atoms with Crippen molar-refractivity contribution in [3.8, 4) is 0 Å². The number of ether oxygens (including phenoxy) is 1. The monoisotopic (exact) mass is 337 g/mol. The van der Waals surface area contributed by atoms with E-state index < -0.39 is 0 Å². The highest BCUT2D eigenvalue weighted by Crippen LogP contribution is 2.32. The molecule has 1 heterocycles. The van der Waals surface area contributed by atoms with Gasteiger partial charge in [0.2, 0.25) is 5.91 Å². The summed E-state index contributed by atoms with van der Waals surface area (Å²) in [5, 5.41) is 10.7. The molecule has 0 bridgehead atoms. The predicted molar refractivity (Wildman–Crippen MR) is 95.9 cm³/mol. The van der Waals surface area contributed by atoms with Crippen molar-refractivity contribution in [1.29, 1.82) is 0 Å². The molecule has 5 unspecified atom stereocenters. The first kappa shape index (κ1) is 18.2. The van der Waals surface area contributed by atoms with Gasteiger partial charge in [0, 0.05) is 36.6 Å². The van der Waals surface area contributed by atoms with E-state index in [9.17, 15) is 4.79 Å². The molecule has 0 aromatic rings. The van der Waals surface area contributed by atoms with E-state index in [0.29, 0.717) is 24.0 Å². The van der Waals surface area contributed by atoms with Crippen molar-refractivity contribution in [2.24, 2.45) is 11.8 Å². The number of nitrogens with one attached hydrogen (secondary N) is 3. The van der Waals surface area contributed by atoms with E-state index in [2.05, 4.69) is 16.0 Å². The zero-order chi connectivity index (χ0) is 16.9. The minimum atomic E-state index is 0.189. The minimum Gasteiger partial charge on any atom is -0.379 e. The first-order chi connectivity index (χ1) is 11.6. The van der Waals surface area contributed by atoms with Crippen LogP contribution in [-0.2, 0) is 9.53 Å². The standard InChI is InChI=1S/C19H35N3O2/c1-13(2)21-19(23)14-5-3-6-15(11-14)22-17-8-4-7-16(17)18-12-24-10-9-20-18/h13-18,20,22H,3-12H2,1-2H3,(H,21,23). The molecule has 3 aliphatic rings. The van der Waals surface area contributed by atoms with Crippen molar-refractivity contribution in [3.63, 3.8) is 0 Å². The first-order valence-corrected chi connectivity index (χ1v) is 10.0. The van der Waals surface area contributed by atoms with Gasteiger partial charge in [0.1, 0.15) is 0 Å². The summed E-state index contributed by atoms with van der Waals surface area (Å²) in [6, 6.07) is 1.82. The number of hydrogen-bond acceptors (Lipinski definition) is 4. The Hall–Kier alpha value is -0.650. The van der Waals surface area contributed by atoms with Gasteiger partial charge >= 0.3 is 0 Å². The molecule has 0 aromatic heterocycles. The number of rotatable bonds is 5. The van der Waals surface area contributed by atoms with Crippen LogP contribution < -0.4 is 16.0 Å². The summed E-state index contributed by atoms with van der Waals surface area (Å²) in [6.07, 6.45) is 8.29. The number of carbonyl (C=O) groups excluding carboxylic acids is 1. The van der Waals surface area contributed by atoms with Gasteiger partial charge in [-0.15, -0.1) is 0 Å². The van der Waals surface area contributed by atoms with Crippen molar-refractivity contribution in [2.45, 2.75) is 83.0 Å². The van der Waals surface area contributed by atoms with E-state index in [1.54, 1.807) is 0 Å². The fourth-order valence-electron chi connectivity index (χ4n) is 4.82. The Morgan fingerprint density at radius 2 is 2.00 bits per heavy atom. The highest BCUT2D eigenvalue weighted by atomic mass is 16.5. The van der Waals surface area contributed by atoms with Crippen molar-refractivity contribution in [1.82, 2.24) is 16.0 Å². The fourth-order valence-corrected chi connectivity index (χ4v) is 4.82. The molecule has 5 heteroatoms. The van der Waals surface area contributed by atoms with Crippen LogP contribution in [0.5, 0.6) is 0 Å². The lowest BCUT2D eigenvalue weighted by Gasteiger charge is -2.37. The topological polar surface area (TPSA) is 62.4 Å². The molecular weight excluding hydrogens is 302 g/mol. The smallest absolute Gasteiger partial charge is 0.223 e. The fraction of sp³-hybridized carbons (Fsp3) is 0.947. The maximum Gasteiger partial charge on any atom is 0.223 e. The number of carbonyl (C=O) groups is 1. The van der Waals surface area contributed by atoms with Crippen LogP contribution in [-0.4, -0.2) is 49.8 Å². The molecule has 3 rings (SSSR count). The molecule has 0 aromatic carbocycles. The Morgan fingerprint density at radius 1 is 1.17 bits per heavy atom. The minimum absolute atomic E-state index is 0.189. The Morgan fingerprint density at radius 3 is 2.75 bits per heavy atom. The van der Waals surface area contributed by atoms with E-state index in [1.807, 2.05) is 13.8 Å². The molecule has 3 N–H and O–H groups in total. The average molecular weight is 338 g/mol. The van der Waals surface area contributed by atoms with Crippen molar-refractivity contribution in [3.05, 3.63) is 0 Å². The van der Waals surface area contributed by atoms with Gasteiger partial charge in [0.25, 0.3) is 0 Å². The van der Waals surface area contributed by atoms with Gasteiger partial charge in [-0.05, 0) is 51.9 Å². The highest BCUT2D eigenvalue weighted by molar-refractivity contribution is 5.79. The third-order valence-corrected chi connectivity index (χ3v) is 5.96. The van der Waals surface area contributed by atoms with Crippen molar-refractivity contribution < 1.29 is 9.53 Å². The molecule has 1 amide bonds. The van der Waals surface area contributed by atoms with Gasteiger partial charge in [-0.1, -0.05) is 12.8 Å². The maximum absolute atomic E-state index is 12.3. The molecule has 1 saturated heterocycles. The molecule has 0 spiro atoms. The predicted octanol–water partition coefficient (Wildman–Crippen LogP) is 1.82. The largest absolute Gasteiger partial charge is 0.379 e. The SMILES string of the molecule is CC(C)NC(=O)C1CCCC(NC2CCCC2C2COCCN2)C1. The second-order valence-corrected chi connectivity index (χ2v) is 8.23. The molecule has 138 valence electrons. The lowest BCUT2D eigenvalue weighted by molar-refractivity contribution is -0.126. The van der Waals surface area contributed by atoms with E-state index in [1.165, 1.54) is 25.7 Å². The lowest BCUT2D eigenvalue weighted by atomic mass is 9.83. The van der Waals surface area contributed by atoms with Crippen LogP contribution in [0.25, 0.3) is 0 Å². The first-order valence-electron chi connectivity index (χ1n) is 10.0. The third kappa shape index (κ3) is 4.70. The van der Waals surface area contributed by atoms with Crippen LogP contribution >= 0.6 is 0 Å². The van der Waals surface area contributed by atoms with E-state index in [-0.39, 0.29) is 17.9 Å². The molecule has 1 aliphatic heterocycles. The summed E-state index contributed by atoms with van der Waals surface area (Å²) in [4.78, 5) is 12.3. The Labute approximate surface area is 146 Å². The number of morpholine rings is 1. The summed E-state index contributed by atoms with van der Waals surface area (Å²) in [6.45, 7) is 6.76. The van der Waals surface area contributed by atoms with Gasteiger partial charge in [-0.3, -0.25) is 4.79 Å². The van der Waals surface area contributed by atoms with Crippen LogP contribution in [0, 0.1) is 11.8 Å². The summed E-state index contributed by atoms with van der Waals surface area (Å²) >= 11 is 0. The van der Waals surface area contributed by atoms with Crippen LogP contribution in [0.15, 0.2) is 0 Å². The average Bonchev–Trinajstić information content (AvgIpc) is 3.03. The molecule has 0 radical (unpaired) electrons. The van der Waals surface area contributed by atoms with Crippen LogP contribution in [0.4, 0.5) is 0 Å². The molecule has 3 fully saturated rings. The summed E-state index contributed by atoms with van der Waals surface area (Å²) in [7, 11) is 0. The summed E-state index contributed by atoms with van der Waals surface area (Å²) < 4.78 is 5.68. The zero-order valence-corrected chi connectivity index (χ0v) is 15.4. The van der Waals surface area contributed by atoms with Gasteiger partial charge in [-0.25, -0.2) is 0 Å². The molecule has 5 atom stereocenters. The molecule has 2 aliphatic carbocycles. The Kier molecular flexibility index (Phi) is 6.53. The van der Waals surface area contributed by atoms with Crippen molar-refractivity contribution >= 4 is 5.91 Å². The highest BCUT2D eigenvalue weighted by Gasteiger charge is 2.37. The van der Waals surface area contributed by atoms with Gasteiger partial charge in [-0.2, -0.15) is 0 Å². The second-order valence-electron chi connectivity index (χ2n) is 8.23. The quantitative estimate of drug-likeness (QED) is 0.716. The number of amides is 1. The lowest BCUT2D eigenvalue weighted by Crippen LogP contribution is -2.53. The van der Waals surface area contributed by atoms with Gasteiger partial charge in [0.05, 0.1) is 13.2 Å². The van der Waals surface area contributed by atoms with Gasteiger partial charge in [0.15, 0.2) is 0 Å². The Bertz CT molecular complexity index is 409. The third-order valence-electron chi connectivity index (χ3n) is 5.96. The molecule has 5 nitrogen and oxygen atoms in total. The van der Waals surface area contributed by atoms with E-state index >= 15 is 0 Å². The Balaban J connectivity index is 1.51. The number of hydrogen-bond donors (Lipinski definition) is 3. The molecule has 24 heavy (non-hydrogen) atoms. The van der Waals surface area contributed by atoms with Crippen LogP contribution in [0.2, 0.25) is 0 Å². The van der Waals surface area contributed by atoms with Crippen LogP contribution in [0.3, 0.4) is 0 Å². The van der Waals surface area contributed by atoms with E-state index in [0.717, 1.165) is 39.0 Å². The van der Waals surface area contributed by atoms with Crippen molar-refractivity contribution in [2.75, 3.05) is 19.8 Å². The van der Waals surface area contributed by atoms with E-state index in [4.69, 9.17) is 4.74 Å². The maximum atomic E-state index is 12.3. The summed E-state index contributed by atoms with van der Waals surface area (Å²) in [5.41, 5.74) is 0. The molecular formula is C19H35N3O2. The van der Waals surface area contributed by atoms with Crippen LogP contribution in [0.1, 0.15) is 58.8 Å². The summed E-state index contributed by atoms with van der Waals surface area (Å²) in [5.74, 6) is 1.12. The normalized spacial score (nSPS) is 37.5. The zero-order valence-electron chi connectivity index (χ0n) is 15.4. The second kappa shape index (κ2) is 8.63.